The number of halogens is 1. The first-order valence-electron chi connectivity index (χ1n) is 6.93. The molecule has 2 aromatic carbocycles. The number of carbonyl (C=O) groups is 1. The van der Waals surface area contributed by atoms with Gasteiger partial charge in [0.1, 0.15) is 17.9 Å². The first kappa shape index (κ1) is 14.8. The van der Waals surface area contributed by atoms with Gasteiger partial charge in [0.25, 0.3) is 5.56 Å². The zero-order valence-corrected chi connectivity index (χ0v) is 12.3. The van der Waals surface area contributed by atoms with Crippen molar-refractivity contribution in [1.29, 1.82) is 0 Å². The predicted octanol–water partition coefficient (Wildman–Crippen LogP) is 1.88. The Morgan fingerprint density at radius 1 is 1.26 bits per heavy atom. The van der Waals surface area contributed by atoms with Crippen molar-refractivity contribution in [2.75, 3.05) is 5.32 Å². The Hall–Kier alpha value is -3.09. The van der Waals surface area contributed by atoms with E-state index in [1.165, 1.54) is 12.1 Å². The number of aromatic nitrogens is 3. The van der Waals surface area contributed by atoms with Gasteiger partial charge in [-0.25, -0.2) is 9.07 Å². The van der Waals surface area contributed by atoms with E-state index in [2.05, 4.69) is 15.6 Å². The highest BCUT2D eigenvalue weighted by molar-refractivity contribution is 5.90. The standard InChI is InChI=1S/C16H13FN4O2/c1-10-6-7-14(12(17)8-10)18-15(22)9-21-16(23)11-4-2-3-5-13(11)19-20-21/h2-8H,9H2,1H3,(H,18,22). The molecule has 0 aliphatic heterocycles. The van der Waals surface area contributed by atoms with Crippen LogP contribution in [0.2, 0.25) is 0 Å². The number of benzene rings is 2. The minimum atomic E-state index is -0.556. The summed E-state index contributed by atoms with van der Waals surface area (Å²) in [5.41, 5.74) is 0.841. The van der Waals surface area contributed by atoms with Crippen molar-refractivity contribution in [3.05, 3.63) is 64.2 Å². The van der Waals surface area contributed by atoms with E-state index >= 15 is 0 Å². The maximum Gasteiger partial charge on any atom is 0.278 e. The minimum absolute atomic E-state index is 0.0578. The molecule has 0 unspecified atom stereocenters. The fourth-order valence-corrected chi connectivity index (χ4v) is 2.17. The lowest BCUT2D eigenvalue weighted by Gasteiger charge is -2.08. The number of amides is 1. The molecule has 0 fully saturated rings. The fraction of sp³-hybridized carbons (Fsp3) is 0.125. The lowest BCUT2D eigenvalue weighted by atomic mass is 10.2. The summed E-state index contributed by atoms with van der Waals surface area (Å²) in [7, 11) is 0. The van der Waals surface area contributed by atoms with Gasteiger partial charge in [-0.15, -0.1) is 5.10 Å². The molecule has 0 saturated carbocycles. The number of anilines is 1. The number of fused-ring (bicyclic) bond motifs is 1. The first-order chi connectivity index (χ1) is 11.0. The van der Waals surface area contributed by atoms with Gasteiger partial charge in [0.2, 0.25) is 5.91 Å². The summed E-state index contributed by atoms with van der Waals surface area (Å²) >= 11 is 0. The average molecular weight is 312 g/mol. The van der Waals surface area contributed by atoms with E-state index in [4.69, 9.17) is 0 Å². The van der Waals surface area contributed by atoms with E-state index in [0.717, 1.165) is 10.2 Å². The highest BCUT2D eigenvalue weighted by atomic mass is 19.1. The zero-order chi connectivity index (χ0) is 16.4. The Balaban J connectivity index is 1.83. The number of hydrogen-bond donors (Lipinski definition) is 1. The van der Waals surface area contributed by atoms with Gasteiger partial charge in [0.05, 0.1) is 11.1 Å². The van der Waals surface area contributed by atoms with Crippen molar-refractivity contribution < 1.29 is 9.18 Å². The van der Waals surface area contributed by atoms with Crippen LogP contribution in [0.25, 0.3) is 10.9 Å². The SMILES string of the molecule is Cc1ccc(NC(=O)Cn2nnc3ccccc3c2=O)c(F)c1. The van der Waals surface area contributed by atoms with Crippen LogP contribution >= 0.6 is 0 Å². The van der Waals surface area contributed by atoms with Crippen LogP contribution in [0.15, 0.2) is 47.3 Å². The van der Waals surface area contributed by atoms with E-state index < -0.39 is 17.3 Å². The second-order valence-corrected chi connectivity index (χ2v) is 5.10. The van der Waals surface area contributed by atoms with Crippen molar-refractivity contribution in [3.8, 4) is 0 Å². The van der Waals surface area contributed by atoms with Crippen LogP contribution in [0.1, 0.15) is 5.56 Å². The molecule has 1 N–H and O–H groups in total. The number of nitrogens with one attached hydrogen (secondary N) is 1. The van der Waals surface area contributed by atoms with Crippen LogP contribution in [-0.4, -0.2) is 20.9 Å². The van der Waals surface area contributed by atoms with Gasteiger partial charge >= 0.3 is 0 Å². The molecule has 1 amide bonds. The molecule has 7 heteroatoms. The molecular formula is C16H13FN4O2. The van der Waals surface area contributed by atoms with Gasteiger partial charge in [-0.3, -0.25) is 9.59 Å². The van der Waals surface area contributed by atoms with Crippen LogP contribution in [-0.2, 0) is 11.3 Å². The van der Waals surface area contributed by atoms with E-state index in [1.54, 1.807) is 37.3 Å². The molecule has 0 radical (unpaired) electrons. The van der Waals surface area contributed by atoms with Gasteiger partial charge in [-0.05, 0) is 36.8 Å². The Bertz CT molecular complexity index is 952. The Labute approximate surface area is 130 Å². The molecule has 3 aromatic rings. The monoisotopic (exact) mass is 312 g/mol. The zero-order valence-electron chi connectivity index (χ0n) is 12.3. The minimum Gasteiger partial charge on any atom is -0.322 e. The maximum atomic E-state index is 13.7. The van der Waals surface area contributed by atoms with Crippen molar-refractivity contribution >= 4 is 22.5 Å². The molecule has 0 saturated heterocycles. The highest BCUT2D eigenvalue weighted by Crippen LogP contribution is 2.15. The molecule has 1 heterocycles. The quantitative estimate of drug-likeness (QED) is 0.801. The summed E-state index contributed by atoms with van der Waals surface area (Å²) in [6.45, 7) is 1.41. The molecule has 6 nitrogen and oxygen atoms in total. The molecule has 3 rings (SSSR count). The Morgan fingerprint density at radius 2 is 2.04 bits per heavy atom. The van der Waals surface area contributed by atoms with E-state index in [1.807, 2.05) is 0 Å². The van der Waals surface area contributed by atoms with Crippen molar-refractivity contribution in [1.82, 2.24) is 15.0 Å². The summed E-state index contributed by atoms with van der Waals surface area (Å²) in [5, 5.41) is 10.4. The van der Waals surface area contributed by atoms with Crippen LogP contribution in [0.5, 0.6) is 0 Å². The smallest absolute Gasteiger partial charge is 0.278 e. The number of nitrogens with zero attached hydrogens (tertiary/aromatic N) is 3. The van der Waals surface area contributed by atoms with Gasteiger partial charge in [-0.1, -0.05) is 23.4 Å². The third-order valence-corrected chi connectivity index (χ3v) is 3.32. The fourth-order valence-electron chi connectivity index (χ4n) is 2.17. The second kappa shape index (κ2) is 5.96. The van der Waals surface area contributed by atoms with E-state index in [9.17, 15) is 14.0 Å². The molecule has 116 valence electrons. The average Bonchev–Trinajstić information content (AvgIpc) is 2.53. The van der Waals surface area contributed by atoms with Crippen molar-refractivity contribution in [3.63, 3.8) is 0 Å². The molecule has 23 heavy (non-hydrogen) atoms. The summed E-state index contributed by atoms with van der Waals surface area (Å²) in [4.78, 5) is 24.2. The van der Waals surface area contributed by atoms with E-state index in [-0.39, 0.29) is 12.2 Å². The van der Waals surface area contributed by atoms with Crippen molar-refractivity contribution in [2.45, 2.75) is 13.5 Å². The normalized spacial score (nSPS) is 10.7. The number of aryl methyl sites for hydroxylation is 1. The Morgan fingerprint density at radius 3 is 2.83 bits per heavy atom. The molecule has 0 aliphatic carbocycles. The Kier molecular flexibility index (Phi) is 3.84. The van der Waals surface area contributed by atoms with Gasteiger partial charge in [0.15, 0.2) is 0 Å². The summed E-state index contributed by atoms with van der Waals surface area (Å²) < 4.78 is 14.7. The van der Waals surface area contributed by atoms with Crippen LogP contribution in [0.3, 0.4) is 0 Å². The number of carbonyl (C=O) groups excluding carboxylic acids is 1. The third-order valence-electron chi connectivity index (χ3n) is 3.32. The molecule has 0 aliphatic rings. The van der Waals surface area contributed by atoms with Gasteiger partial charge < -0.3 is 5.32 Å². The van der Waals surface area contributed by atoms with Gasteiger partial charge in [-0.2, -0.15) is 0 Å². The molecule has 0 atom stereocenters. The first-order valence-corrected chi connectivity index (χ1v) is 6.93. The van der Waals surface area contributed by atoms with Crippen LogP contribution in [0, 0.1) is 12.7 Å². The molecule has 0 spiro atoms. The van der Waals surface area contributed by atoms with E-state index in [0.29, 0.717) is 10.9 Å². The summed E-state index contributed by atoms with van der Waals surface area (Å²) in [5.74, 6) is -1.09. The summed E-state index contributed by atoms with van der Waals surface area (Å²) in [6, 6.07) is 11.2. The lowest BCUT2D eigenvalue weighted by molar-refractivity contribution is -0.117. The third kappa shape index (κ3) is 3.08. The topological polar surface area (TPSA) is 76.9 Å². The lowest BCUT2D eigenvalue weighted by Crippen LogP contribution is -2.30. The molecule has 0 bridgehead atoms. The number of rotatable bonds is 3. The van der Waals surface area contributed by atoms with Crippen molar-refractivity contribution in [2.24, 2.45) is 0 Å². The molecular weight excluding hydrogens is 299 g/mol. The maximum absolute atomic E-state index is 13.7. The second-order valence-electron chi connectivity index (χ2n) is 5.10. The largest absolute Gasteiger partial charge is 0.322 e. The predicted molar refractivity (Wildman–Crippen MR) is 83.6 cm³/mol. The molecule has 1 aromatic heterocycles. The van der Waals surface area contributed by atoms with Crippen LogP contribution < -0.4 is 10.9 Å². The summed E-state index contributed by atoms with van der Waals surface area (Å²) in [6.07, 6.45) is 0. The highest BCUT2D eigenvalue weighted by Gasteiger charge is 2.11. The van der Waals surface area contributed by atoms with Gasteiger partial charge in [0, 0.05) is 0 Å². The number of hydrogen-bond acceptors (Lipinski definition) is 4. The van der Waals surface area contributed by atoms with Crippen LogP contribution in [0.4, 0.5) is 10.1 Å².